The molecule has 0 N–H and O–H groups in total. The van der Waals surface area contributed by atoms with Crippen LogP contribution in [0.4, 0.5) is 5.95 Å². The van der Waals surface area contributed by atoms with Crippen LogP contribution >= 0.6 is 0 Å². The fraction of sp³-hybridized carbons (Fsp3) is 0.733. The average molecular weight is 276 g/mol. The van der Waals surface area contributed by atoms with E-state index < -0.39 is 0 Å². The normalized spacial score (nSPS) is 21.9. The van der Waals surface area contributed by atoms with Crippen molar-refractivity contribution in [2.24, 2.45) is 0 Å². The second-order valence-corrected chi connectivity index (χ2v) is 5.74. The standard InChI is InChI=1S/C15H24N4O/c1-20-14-11-16-15(17-12-14)19-9-5-13(6-10-19)18-7-3-2-4-8-18/h11-13H,2-10H2,1H3. The van der Waals surface area contributed by atoms with Gasteiger partial charge in [0.2, 0.25) is 5.95 Å². The van der Waals surface area contributed by atoms with Crippen LogP contribution in [0, 0.1) is 0 Å². The topological polar surface area (TPSA) is 41.5 Å². The summed E-state index contributed by atoms with van der Waals surface area (Å²) in [6.45, 7) is 4.72. The van der Waals surface area contributed by atoms with E-state index in [9.17, 15) is 0 Å². The number of nitrogens with zero attached hydrogens (tertiary/aromatic N) is 4. The summed E-state index contributed by atoms with van der Waals surface area (Å²) in [5, 5.41) is 0. The molecule has 0 saturated carbocycles. The minimum Gasteiger partial charge on any atom is -0.494 e. The van der Waals surface area contributed by atoms with Crippen molar-refractivity contribution in [3.63, 3.8) is 0 Å². The molecule has 2 aliphatic rings. The van der Waals surface area contributed by atoms with Gasteiger partial charge in [-0.2, -0.15) is 0 Å². The molecule has 0 aromatic carbocycles. The Morgan fingerprint density at radius 3 is 2.25 bits per heavy atom. The van der Waals surface area contributed by atoms with Gasteiger partial charge in [-0.05, 0) is 38.8 Å². The van der Waals surface area contributed by atoms with E-state index in [0.29, 0.717) is 0 Å². The van der Waals surface area contributed by atoms with Crippen molar-refractivity contribution in [3.8, 4) is 5.75 Å². The minimum atomic E-state index is 0.719. The maximum atomic E-state index is 5.10. The van der Waals surface area contributed by atoms with Gasteiger partial charge in [-0.25, -0.2) is 9.97 Å². The lowest BCUT2D eigenvalue weighted by Gasteiger charge is -2.40. The SMILES string of the molecule is COc1cnc(N2CCC(N3CCCCC3)CC2)nc1. The maximum absolute atomic E-state index is 5.10. The Balaban J connectivity index is 1.54. The number of ether oxygens (including phenoxy) is 1. The van der Waals surface area contributed by atoms with Gasteiger partial charge in [0.05, 0.1) is 19.5 Å². The van der Waals surface area contributed by atoms with E-state index in [-0.39, 0.29) is 0 Å². The van der Waals surface area contributed by atoms with Gasteiger partial charge in [0.1, 0.15) is 0 Å². The molecule has 2 saturated heterocycles. The van der Waals surface area contributed by atoms with E-state index in [1.54, 1.807) is 19.5 Å². The summed E-state index contributed by atoms with van der Waals surface area (Å²) in [7, 11) is 1.64. The first-order valence-electron chi connectivity index (χ1n) is 7.72. The Morgan fingerprint density at radius 1 is 1.00 bits per heavy atom. The highest BCUT2D eigenvalue weighted by Gasteiger charge is 2.26. The molecule has 20 heavy (non-hydrogen) atoms. The Labute approximate surface area is 121 Å². The summed E-state index contributed by atoms with van der Waals surface area (Å²) in [6.07, 6.45) is 10.1. The van der Waals surface area contributed by atoms with Crippen molar-refractivity contribution in [2.45, 2.75) is 38.1 Å². The van der Waals surface area contributed by atoms with E-state index in [1.165, 1.54) is 45.2 Å². The van der Waals surface area contributed by atoms with Crippen molar-refractivity contribution >= 4 is 5.95 Å². The molecule has 5 heteroatoms. The van der Waals surface area contributed by atoms with Crippen LogP contribution in [0.25, 0.3) is 0 Å². The van der Waals surface area contributed by atoms with Crippen LogP contribution in [0.15, 0.2) is 12.4 Å². The van der Waals surface area contributed by atoms with Gasteiger partial charge in [-0.15, -0.1) is 0 Å². The fourth-order valence-corrected chi connectivity index (χ4v) is 3.29. The molecule has 0 bridgehead atoms. The fourth-order valence-electron chi connectivity index (χ4n) is 3.29. The van der Waals surface area contributed by atoms with Crippen LogP contribution in [0.1, 0.15) is 32.1 Å². The average Bonchev–Trinajstić information content (AvgIpc) is 2.56. The van der Waals surface area contributed by atoms with Crippen molar-refractivity contribution in [1.82, 2.24) is 14.9 Å². The molecule has 0 aliphatic carbocycles. The van der Waals surface area contributed by atoms with Gasteiger partial charge in [-0.1, -0.05) is 6.42 Å². The van der Waals surface area contributed by atoms with Crippen LogP contribution in [0.2, 0.25) is 0 Å². The number of rotatable bonds is 3. The first kappa shape index (κ1) is 13.6. The van der Waals surface area contributed by atoms with Gasteiger partial charge in [0.25, 0.3) is 0 Å². The lowest BCUT2D eigenvalue weighted by molar-refractivity contribution is 0.141. The molecule has 110 valence electrons. The molecular formula is C15H24N4O. The molecular weight excluding hydrogens is 252 g/mol. The molecule has 1 aromatic rings. The van der Waals surface area contributed by atoms with Gasteiger partial charge < -0.3 is 14.5 Å². The third-order valence-electron chi connectivity index (χ3n) is 4.50. The lowest BCUT2D eigenvalue weighted by Crippen LogP contribution is -2.47. The van der Waals surface area contributed by atoms with Gasteiger partial charge >= 0.3 is 0 Å². The molecule has 0 amide bonds. The summed E-state index contributed by atoms with van der Waals surface area (Å²) in [5.41, 5.74) is 0. The number of methoxy groups -OCH3 is 1. The number of likely N-dealkylation sites (tertiary alicyclic amines) is 1. The zero-order chi connectivity index (χ0) is 13.8. The molecule has 5 nitrogen and oxygen atoms in total. The van der Waals surface area contributed by atoms with Crippen molar-refractivity contribution in [1.29, 1.82) is 0 Å². The summed E-state index contributed by atoms with van der Waals surface area (Å²) in [6, 6.07) is 0.768. The molecule has 0 atom stereocenters. The molecule has 0 unspecified atom stereocenters. The highest BCUT2D eigenvalue weighted by atomic mass is 16.5. The van der Waals surface area contributed by atoms with Gasteiger partial charge in [0.15, 0.2) is 5.75 Å². The molecule has 2 aliphatic heterocycles. The summed E-state index contributed by atoms with van der Waals surface area (Å²) < 4.78 is 5.10. The summed E-state index contributed by atoms with van der Waals surface area (Å²) >= 11 is 0. The molecule has 1 aromatic heterocycles. The second-order valence-electron chi connectivity index (χ2n) is 5.74. The smallest absolute Gasteiger partial charge is 0.225 e. The van der Waals surface area contributed by atoms with E-state index in [1.807, 2.05) is 0 Å². The highest BCUT2D eigenvalue weighted by molar-refractivity contribution is 5.32. The van der Waals surface area contributed by atoms with Gasteiger partial charge in [0, 0.05) is 19.1 Å². The molecule has 0 radical (unpaired) electrons. The lowest BCUT2D eigenvalue weighted by atomic mass is 10.0. The molecule has 0 spiro atoms. The Morgan fingerprint density at radius 2 is 1.65 bits per heavy atom. The zero-order valence-corrected chi connectivity index (χ0v) is 12.3. The Hall–Kier alpha value is -1.36. The third-order valence-corrected chi connectivity index (χ3v) is 4.50. The number of anilines is 1. The summed E-state index contributed by atoms with van der Waals surface area (Å²) in [5.74, 6) is 1.56. The number of hydrogen-bond donors (Lipinski definition) is 0. The first-order chi connectivity index (χ1) is 9.86. The van der Waals surface area contributed by atoms with E-state index >= 15 is 0 Å². The van der Waals surface area contributed by atoms with E-state index in [4.69, 9.17) is 4.74 Å². The molecule has 2 fully saturated rings. The number of piperidine rings is 2. The Bertz CT molecular complexity index is 408. The summed E-state index contributed by atoms with van der Waals surface area (Å²) in [4.78, 5) is 13.8. The first-order valence-corrected chi connectivity index (χ1v) is 7.72. The molecule has 3 heterocycles. The van der Waals surface area contributed by atoms with Crippen molar-refractivity contribution < 1.29 is 4.74 Å². The van der Waals surface area contributed by atoms with Gasteiger partial charge in [-0.3, -0.25) is 0 Å². The van der Waals surface area contributed by atoms with Crippen LogP contribution in [-0.2, 0) is 0 Å². The number of aromatic nitrogens is 2. The van der Waals surface area contributed by atoms with Crippen molar-refractivity contribution in [2.75, 3.05) is 38.2 Å². The van der Waals surface area contributed by atoms with Crippen LogP contribution < -0.4 is 9.64 Å². The van der Waals surface area contributed by atoms with Crippen LogP contribution in [0.3, 0.4) is 0 Å². The van der Waals surface area contributed by atoms with Crippen LogP contribution in [-0.4, -0.2) is 54.2 Å². The van der Waals surface area contributed by atoms with Crippen LogP contribution in [0.5, 0.6) is 5.75 Å². The van der Waals surface area contributed by atoms with E-state index in [2.05, 4.69) is 19.8 Å². The quantitative estimate of drug-likeness (QED) is 0.844. The predicted octanol–water partition coefficient (Wildman–Crippen LogP) is 1.94. The third kappa shape index (κ3) is 3.03. The monoisotopic (exact) mass is 276 g/mol. The molecule has 3 rings (SSSR count). The van der Waals surface area contributed by atoms with E-state index in [0.717, 1.165) is 30.8 Å². The predicted molar refractivity (Wildman–Crippen MR) is 79.2 cm³/mol. The Kier molecular flexibility index (Phi) is 4.35. The van der Waals surface area contributed by atoms with Crippen molar-refractivity contribution in [3.05, 3.63) is 12.4 Å². The second kappa shape index (κ2) is 6.39. The maximum Gasteiger partial charge on any atom is 0.225 e. The minimum absolute atomic E-state index is 0.719. The highest BCUT2D eigenvalue weighted by Crippen LogP contribution is 2.23. The number of hydrogen-bond acceptors (Lipinski definition) is 5. The largest absolute Gasteiger partial charge is 0.494 e. The zero-order valence-electron chi connectivity index (χ0n) is 12.3.